The van der Waals surface area contributed by atoms with E-state index in [4.69, 9.17) is 11.6 Å². The van der Waals surface area contributed by atoms with Crippen molar-refractivity contribution < 1.29 is 4.79 Å². The van der Waals surface area contributed by atoms with Crippen molar-refractivity contribution >= 4 is 17.5 Å². The van der Waals surface area contributed by atoms with Gasteiger partial charge in [0.2, 0.25) is 5.91 Å². The minimum atomic E-state index is 0.191. The van der Waals surface area contributed by atoms with Crippen LogP contribution in [0.5, 0.6) is 0 Å². The van der Waals surface area contributed by atoms with Crippen molar-refractivity contribution in [3.8, 4) is 0 Å². The molecular weight excluding hydrogens is 210 g/mol. The van der Waals surface area contributed by atoms with E-state index < -0.39 is 0 Å². The molecule has 2 nitrogen and oxygen atoms in total. The molecule has 0 atom stereocenters. The van der Waals surface area contributed by atoms with Gasteiger partial charge in [-0.05, 0) is 37.5 Å². The van der Waals surface area contributed by atoms with Gasteiger partial charge in [-0.25, -0.2) is 0 Å². The van der Waals surface area contributed by atoms with Crippen molar-refractivity contribution in [1.82, 2.24) is 5.32 Å². The number of carbonyl (C=O) groups is 1. The second kappa shape index (κ2) is 5.74. The summed E-state index contributed by atoms with van der Waals surface area (Å²) in [6, 6.07) is 0. The van der Waals surface area contributed by atoms with Crippen LogP contribution in [-0.4, -0.2) is 18.3 Å². The standard InChI is InChI=1S/C12H22ClNO/c1-3-10(4-2)11(15)14-9-12(5-6-12)7-8-13/h10H,3-9H2,1-2H3,(H,14,15). The van der Waals surface area contributed by atoms with E-state index in [0.717, 1.165) is 25.8 Å². The largest absolute Gasteiger partial charge is 0.355 e. The van der Waals surface area contributed by atoms with E-state index in [1.165, 1.54) is 12.8 Å². The highest BCUT2D eigenvalue weighted by Crippen LogP contribution is 2.48. The molecule has 0 unspecified atom stereocenters. The van der Waals surface area contributed by atoms with E-state index >= 15 is 0 Å². The lowest BCUT2D eigenvalue weighted by Gasteiger charge is -2.17. The van der Waals surface area contributed by atoms with Crippen molar-refractivity contribution in [3.05, 3.63) is 0 Å². The number of hydrogen-bond donors (Lipinski definition) is 1. The second-order valence-corrected chi connectivity index (χ2v) is 5.05. The summed E-state index contributed by atoms with van der Waals surface area (Å²) in [6.45, 7) is 4.97. The molecule has 0 bridgehead atoms. The lowest BCUT2D eigenvalue weighted by atomic mass is 10.0. The Morgan fingerprint density at radius 3 is 2.40 bits per heavy atom. The minimum Gasteiger partial charge on any atom is -0.355 e. The molecule has 0 aromatic carbocycles. The summed E-state index contributed by atoms with van der Waals surface area (Å²) in [6.07, 6.45) is 5.36. The van der Waals surface area contributed by atoms with Crippen LogP contribution in [0.25, 0.3) is 0 Å². The van der Waals surface area contributed by atoms with Crippen molar-refractivity contribution in [1.29, 1.82) is 0 Å². The first-order valence-electron chi connectivity index (χ1n) is 6.01. The maximum atomic E-state index is 11.7. The highest BCUT2D eigenvalue weighted by molar-refractivity contribution is 6.17. The Bertz CT molecular complexity index is 210. The van der Waals surface area contributed by atoms with Crippen LogP contribution in [0.1, 0.15) is 46.0 Å². The molecule has 3 heteroatoms. The first-order valence-corrected chi connectivity index (χ1v) is 6.54. The van der Waals surface area contributed by atoms with Crippen LogP contribution in [0, 0.1) is 11.3 Å². The summed E-state index contributed by atoms with van der Waals surface area (Å²) in [4.78, 5) is 11.7. The predicted molar refractivity (Wildman–Crippen MR) is 64.1 cm³/mol. The van der Waals surface area contributed by atoms with Gasteiger partial charge in [0.1, 0.15) is 0 Å². The highest BCUT2D eigenvalue weighted by Gasteiger charge is 2.41. The van der Waals surface area contributed by atoms with Gasteiger partial charge in [-0.15, -0.1) is 11.6 Å². The van der Waals surface area contributed by atoms with Crippen molar-refractivity contribution in [3.63, 3.8) is 0 Å². The Labute approximate surface area is 97.8 Å². The van der Waals surface area contributed by atoms with Gasteiger partial charge in [0, 0.05) is 18.3 Å². The quantitative estimate of drug-likeness (QED) is 0.671. The number of hydrogen-bond acceptors (Lipinski definition) is 1. The Morgan fingerprint density at radius 1 is 1.40 bits per heavy atom. The highest BCUT2D eigenvalue weighted by atomic mass is 35.5. The number of halogens is 1. The minimum absolute atomic E-state index is 0.191. The third-order valence-corrected chi connectivity index (χ3v) is 3.76. The molecule has 0 saturated heterocycles. The van der Waals surface area contributed by atoms with Crippen LogP contribution < -0.4 is 5.32 Å². The first kappa shape index (κ1) is 12.8. The number of alkyl halides is 1. The summed E-state index contributed by atoms with van der Waals surface area (Å²) < 4.78 is 0. The van der Waals surface area contributed by atoms with E-state index in [1.807, 2.05) is 0 Å². The van der Waals surface area contributed by atoms with Gasteiger partial charge in [0.15, 0.2) is 0 Å². The summed E-state index contributed by atoms with van der Waals surface area (Å²) >= 11 is 5.75. The zero-order valence-electron chi connectivity index (χ0n) is 9.81. The summed E-state index contributed by atoms with van der Waals surface area (Å²) in [5, 5.41) is 3.07. The van der Waals surface area contributed by atoms with E-state index in [9.17, 15) is 4.79 Å². The van der Waals surface area contributed by atoms with Crippen LogP contribution in [0.15, 0.2) is 0 Å². The third kappa shape index (κ3) is 3.67. The Morgan fingerprint density at radius 2 is 2.00 bits per heavy atom. The monoisotopic (exact) mass is 231 g/mol. The molecule has 15 heavy (non-hydrogen) atoms. The Balaban J connectivity index is 2.27. The van der Waals surface area contributed by atoms with Gasteiger partial charge in [-0.1, -0.05) is 13.8 Å². The summed E-state index contributed by atoms with van der Waals surface area (Å²) in [7, 11) is 0. The topological polar surface area (TPSA) is 29.1 Å². The lowest BCUT2D eigenvalue weighted by Crippen LogP contribution is -2.34. The molecule has 0 spiro atoms. The fourth-order valence-electron chi connectivity index (χ4n) is 1.97. The van der Waals surface area contributed by atoms with E-state index in [0.29, 0.717) is 11.3 Å². The van der Waals surface area contributed by atoms with E-state index in [1.54, 1.807) is 0 Å². The van der Waals surface area contributed by atoms with Crippen molar-refractivity contribution in [2.24, 2.45) is 11.3 Å². The summed E-state index contributed by atoms with van der Waals surface area (Å²) in [5.74, 6) is 1.12. The molecule has 1 fully saturated rings. The molecular formula is C12H22ClNO. The Kier molecular flexibility index (Phi) is 4.91. The number of amides is 1. The van der Waals surface area contributed by atoms with Crippen LogP contribution in [0.2, 0.25) is 0 Å². The Hall–Kier alpha value is -0.240. The van der Waals surface area contributed by atoms with Crippen LogP contribution in [0.3, 0.4) is 0 Å². The van der Waals surface area contributed by atoms with Crippen molar-refractivity contribution in [2.45, 2.75) is 46.0 Å². The molecule has 1 aliphatic carbocycles. The van der Waals surface area contributed by atoms with Gasteiger partial charge in [-0.3, -0.25) is 4.79 Å². The molecule has 1 amide bonds. The molecule has 1 rings (SSSR count). The molecule has 1 saturated carbocycles. The molecule has 88 valence electrons. The molecule has 0 aromatic heterocycles. The fourth-order valence-corrected chi connectivity index (χ4v) is 2.37. The molecule has 0 heterocycles. The zero-order chi connectivity index (χ0) is 11.3. The number of rotatable bonds is 7. The summed E-state index contributed by atoms with van der Waals surface area (Å²) in [5.41, 5.74) is 0.351. The number of nitrogens with one attached hydrogen (secondary N) is 1. The fraction of sp³-hybridized carbons (Fsp3) is 0.917. The van der Waals surface area contributed by atoms with Crippen LogP contribution >= 0.6 is 11.6 Å². The molecule has 0 radical (unpaired) electrons. The third-order valence-electron chi connectivity index (χ3n) is 3.58. The molecule has 0 aromatic rings. The van der Waals surface area contributed by atoms with Crippen LogP contribution in [0.4, 0.5) is 0 Å². The average Bonchev–Trinajstić information content (AvgIpc) is 2.98. The number of carbonyl (C=O) groups excluding carboxylic acids is 1. The van der Waals surface area contributed by atoms with Gasteiger partial charge >= 0.3 is 0 Å². The van der Waals surface area contributed by atoms with Crippen LogP contribution in [-0.2, 0) is 4.79 Å². The molecule has 0 aliphatic heterocycles. The SMILES string of the molecule is CCC(CC)C(=O)NCC1(CCCl)CC1. The maximum absolute atomic E-state index is 11.7. The van der Waals surface area contributed by atoms with Gasteiger partial charge < -0.3 is 5.32 Å². The molecule has 1 N–H and O–H groups in total. The normalized spacial score (nSPS) is 17.9. The van der Waals surface area contributed by atoms with Gasteiger partial charge in [0.05, 0.1) is 0 Å². The van der Waals surface area contributed by atoms with Gasteiger partial charge in [0.25, 0.3) is 0 Å². The lowest BCUT2D eigenvalue weighted by molar-refractivity contribution is -0.125. The molecule has 1 aliphatic rings. The van der Waals surface area contributed by atoms with E-state index in [2.05, 4.69) is 19.2 Å². The first-order chi connectivity index (χ1) is 7.17. The van der Waals surface area contributed by atoms with Gasteiger partial charge in [-0.2, -0.15) is 0 Å². The second-order valence-electron chi connectivity index (χ2n) is 4.67. The van der Waals surface area contributed by atoms with E-state index in [-0.39, 0.29) is 11.8 Å². The zero-order valence-corrected chi connectivity index (χ0v) is 10.6. The smallest absolute Gasteiger partial charge is 0.223 e. The average molecular weight is 232 g/mol. The van der Waals surface area contributed by atoms with Crippen molar-refractivity contribution in [2.75, 3.05) is 12.4 Å². The maximum Gasteiger partial charge on any atom is 0.223 e. The predicted octanol–water partition coefficient (Wildman–Crippen LogP) is 2.95.